The van der Waals surface area contributed by atoms with Gasteiger partial charge in [-0.2, -0.15) is 0 Å². The molecule has 27 heavy (non-hydrogen) atoms. The fraction of sp³-hybridized carbons (Fsp3) is 0.158. The van der Waals surface area contributed by atoms with E-state index < -0.39 is 11.8 Å². The summed E-state index contributed by atoms with van der Waals surface area (Å²) in [5.74, 6) is 0.934. The molecule has 0 bridgehead atoms. The Bertz CT molecular complexity index is 964. The highest BCUT2D eigenvalue weighted by Crippen LogP contribution is 2.32. The van der Waals surface area contributed by atoms with Crippen LogP contribution in [-0.2, 0) is 16.1 Å². The van der Waals surface area contributed by atoms with Crippen LogP contribution in [0.25, 0.3) is 10.6 Å². The number of furan rings is 1. The normalized spacial score (nSPS) is 12.4. The Kier molecular flexibility index (Phi) is 4.80. The maximum atomic E-state index is 12.1. The van der Waals surface area contributed by atoms with E-state index in [0.717, 1.165) is 10.6 Å². The molecule has 1 aliphatic rings. The first-order valence-corrected chi connectivity index (χ1v) is 9.18. The van der Waals surface area contributed by atoms with Crippen LogP contribution in [0.5, 0.6) is 11.5 Å². The highest BCUT2D eigenvalue weighted by atomic mass is 32.1. The summed E-state index contributed by atoms with van der Waals surface area (Å²) in [5, 5.41) is 7.04. The molecule has 0 saturated heterocycles. The Hall–Kier alpha value is -3.26. The molecule has 2 amide bonds. The number of anilines is 1. The molecule has 4 rings (SSSR count). The van der Waals surface area contributed by atoms with Gasteiger partial charge >= 0.3 is 11.8 Å². The Labute approximate surface area is 158 Å². The maximum Gasteiger partial charge on any atom is 0.313 e. The Morgan fingerprint density at radius 3 is 2.67 bits per heavy atom. The van der Waals surface area contributed by atoms with Crippen molar-refractivity contribution in [1.82, 2.24) is 5.32 Å². The fourth-order valence-electron chi connectivity index (χ4n) is 2.58. The Morgan fingerprint density at radius 1 is 1.00 bits per heavy atom. The summed E-state index contributed by atoms with van der Waals surface area (Å²) in [4.78, 5) is 25.1. The quantitative estimate of drug-likeness (QED) is 0.675. The minimum absolute atomic E-state index is 0.124. The zero-order chi connectivity index (χ0) is 18.6. The van der Waals surface area contributed by atoms with E-state index in [1.807, 2.05) is 23.6 Å². The smallest absolute Gasteiger partial charge is 0.313 e. The van der Waals surface area contributed by atoms with Gasteiger partial charge in [-0.15, -0.1) is 11.3 Å². The predicted octanol–water partition coefficient (Wildman–Crippen LogP) is 3.03. The van der Waals surface area contributed by atoms with E-state index in [1.54, 1.807) is 35.6 Å². The number of carbonyl (C=O) groups is 2. The van der Waals surface area contributed by atoms with Crippen molar-refractivity contribution < 1.29 is 23.5 Å². The van der Waals surface area contributed by atoms with Crippen molar-refractivity contribution in [3.05, 3.63) is 53.6 Å². The molecule has 3 heterocycles. The SMILES string of the molecule is O=C(NCc1ccc(-c2cccs2)o1)C(=O)Nc1ccc2c(c1)OCCO2. The van der Waals surface area contributed by atoms with Gasteiger partial charge in [-0.3, -0.25) is 9.59 Å². The molecule has 0 atom stereocenters. The van der Waals surface area contributed by atoms with Gasteiger partial charge < -0.3 is 24.5 Å². The van der Waals surface area contributed by atoms with Crippen LogP contribution in [0.15, 0.2) is 52.3 Å². The van der Waals surface area contributed by atoms with Crippen LogP contribution in [0, 0.1) is 0 Å². The lowest BCUT2D eigenvalue weighted by Gasteiger charge is -2.18. The topological polar surface area (TPSA) is 89.8 Å². The maximum absolute atomic E-state index is 12.1. The van der Waals surface area contributed by atoms with Crippen molar-refractivity contribution in [2.45, 2.75) is 6.54 Å². The molecule has 7 nitrogen and oxygen atoms in total. The number of ether oxygens (including phenoxy) is 2. The van der Waals surface area contributed by atoms with Crippen molar-refractivity contribution in [2.24, 2.45) is 0 Å². The highest BCUT2D eigenvalue weighted by Gasteiger charge is 2.17. The zero-order valence-electron chi connectivity index (χ0n) is 14.2. The number of hydrogen-bond acceptors (Lipinski definition) is 6. The van der Waals surface area contributed by atoms with Crippen LogP contribution >= 0.6 is 11.3 Å². The third-order valence-corrected chi connectivity index (χ3v) is 4.74. The molecule has 0 saturated carbocycles. The van der Waals surface area contributed by atoms with E-state index in [9.17, 15) is 9.59 Å². The molecule has 2 aromatic heterocycles. The van der Waals surface area contributed by atoms with Gasteiger partial charge in [-0.1, -0.05) is 6.07 Å². The van der Waals surface area contributed by atoms with E-state index in [2.05, 4.69) is 10.6 Å². The number of amides is 2. The van der Waals surface area contributed by atoms with Gasteiger partial charge in [0.2, 0.25) is 0 Å². The molecule has 0 fully saturated rings. The molecular formula is C19H16N2O5S. The summed E-state index contributed by atoms with van der Waals surface area (Å²) in [5.41, 5.74) is 0.456. The molecule has 138 valence electrons. The molecule has 0 unspecified atom stereocenters. The third kappa shape index (κ3) is 3.95. The highest BCUT2D eigenvalue weighted by molar-refractivity contribution is 7.13. The molecule has 8 heteroatoms. The monoisotopic (exact) mass is 384 g/mol. The molecule has 0 aliphatic carbocycles. The number of hydrogen-bond donors (Lipinski definition) is 2. The Balaban J connectivity index is 1.32. The summed E-state index contributed by atoms with van der Waals surface area (Å²) >= 11 is 1.57. The molecule has 0 radical (unpaired) electrons. The van der Waals surface area contributed by atoms with Crippen LogP contribution in [0.1, 0.15) is 5.76 Å². The van der Waals surface area contributed by atoms with Crippen molar-refractivity contribution in [3.8, 4) is 22.1 Å². The third-order valence-electron chi connectivity index (χ3n) is 3.86. The number of carbonyl (C=O) groups excluding carboxylic acids is 2. The minimum Gasteiger partial charge on any atom is -0.486 e. The number of thiophene rings is 1. The van der Waals surface area contributed by atoms with Gasteiger partial charge in [0.25, 0.3) is 0 Å². The van der Waals surface area contributed by atoms with E-state index in [4.69, 9.17) is 13.9 Å². The van der Waals surface area contributed by atoms with E-state index in [1.165, 1.54) is 0 Å². The summed E-state index contributed by atoms with van der Waals surface area (Å²) < 4.78 is 16.5. The molecule has 1 aromatic carbocycles. The van der Waals surface area contributed by atoms with Crippen LogP contribution in [0.3, 0.4) is 0 Å². The minimum atomic E-state index is -0.767. The molecular weight excluding hydrogens is 368 g/mol. The van der Waals surface area contributed by atoms with Gasteiger partial charge in [0, 0.05) is 11.8 Å². The van der Waals surface area contributed by atoms with Crippen LogP contribution in [0.2, 0.25) is 0 Å². The second-order valence-electron chi connectivity index (χ2n) is 5.74. The van der Waals surface area contributed by atoms with E-state index in [-0.39, 0.29) is 6.54 Å². The van der Waals surface area contributed by atoms with Gasteiger partial charge in [0.1, 0.15) is 24.7 Å². The van der Waals surface area contributed by atoms with Crippen LogP contribution in [-0.4, -0.2) is 25.0 Å². The summed E-state index contributed by atoms with van der Waals surface area (Å²) in [7, 11) is 0. The first kappa shape index (κ1) is 17.2. The second-order valence-corrected chi connectivity index (χ2v) is 6.69. The first-order chi connectivity index (χ1) is 13.2. The predicted molar refractivity (Wildman–Crippen MR) is 99.9 cm³/mol. The van der Waals surface area contributed by atoms with Crippen molar-refractivity contribution >= 4 is 28.8 Å². The van der Waals surface area contributed by atoms with Gasteiger partial charge in [0.05, 0.1) is 11.4 Å². The molecule has 3 aromatic rings. The summed E-state index contributed by atoms with van der Waals surface area (Å²) in [6.07, 6.45) is 0. The van der Waals surface area contributed by atoms with Crippen molar-refractivity contribution in [2.75, 3.05) is 18.5 Å². The lowest BCUT2D eigenvalue weighted by molar-refractivity contribution is -0.136. The standard InChI is InChI=1S/C19H16N2O5S/c22-18(20-11-13-4-6-15(26-13)17-2-1-9-27-17)19(23)21-12-3-5-14-16(10-12)25-8-7-24-14/h1-6,9-10H,7-8,11H2,(H,20,22)(H,21,23). The van der Waals surface area contributed by atoms with Crippen molar-refractivity contribution in [3.63, 3.8) is 0 Å². The van der Waals surface area contributed by atoms with Crippen molar-refractivity contribution in [1.29, 1.82) is 0 Å². The average molecular weight is 384 g/mol. The van der Waals surface area contributed by atoms with Crippen LogP contribution < -0.4 is 20.1 Å². The lowest BCUT2D eigenvalue weighted by atomic mass is 10.2. The number of nitrogens with one attached hydrogen (secondary N) is 2. The fourth-order valence-corrected chi connectivity index (χ4v) is 3.27. The number of rotatable bonds is 4. The summed E-state index contributed by atoms with van der Waals surface area (Å²) in [6, 6.07) is 12.5. The molecule has 1 aliphatic heterocycles. The second kappa shape index (κ2) is 7.55. The molecule has 2 N–H and O–H groups in total. The first-order valence-electron chi connectivity index (χ1n) is 8.30. The number of fused-ring (bicyclic) bond motifs is 1. The van der Waals surface area contributed by atoms with E-state index in [0.29, 0.717) is 36.2 Å². The van der Waals surface area contributed by atoms with Gasteiger partial charge in [-0.05, 0) is 35.7 Å². The Morgan fingerprint density at radius 2 is 1.85 bits per heavy atom. The van der Waals surface area contributed by atoms with E-state index >= 15 is 0 Å². The largest absolute Gasteiger partial charge is 0.486 e. The zero-order valence-corrected chi connectivity index (χ0v) is 15.0. The number of benzene rings is 1. The molecule has 0 spiro atoms. The lowest BCUT2D eigenvalue weighted by Crippen LogP contribution is -2.34. The van der Waals surface area contributed by atoms with Gasteiger partial charge in [0.15, 0.2) is 11.5 Å². The summed E-state index contributed by atoms with van der Waals surface area (Å²) in [6.45, 7) is 1.06. The average Bonchev–Trinajstić information content (AvgIpc) is 3.37. The van der Waals surface area contributed by atoms with Crippen LogP contribution in [0.4, 0.5) is 5.69 Å². The van der Waals surface area contributed by atoms with Gasteiger partial charge in [-0.25, -0.2) is 0 Å².